The van der Waals surface area contributed by atoms with Crippen LogP contribution in [0.5, 0.6) is 0 Å². The fraction of sp³-hybridized carbons (Fsp3) is 0.900. The lowest BCUT2D eigenvalue weighted by atomic mass is 9.54. The van der Waals surface area contributed by atoms with E-state index in [1.807, 2.05) is 0 Å². The van der Waals surface area contributed by atoms with Crippen LogP contribution in [0.3, 0.4) is 0 Å². The molecule has 12 heavy (non-hydrogen) atoms. The Kier molecular flexibility index (Phi) is 1.24. The maximum absolute atomic E-state index is 11.6. The second-order valence-corrected chi connectivity index (χ2v) is 4.77. The van der Waals surface area contributed by atoms with Gasteiger partial charge in [0.15, 0.2) is 0 Å². The molecular weight excluding hydrogens is 152 g/mol. The zero-order valence-electron chi connectivity index (χ0n) is 7.07. The third-order valence-corrected chi connectivity index (χ3v) is 4.09. The molecule has 1 N–H and O–H groups in total. The summed E-state index contributed by atoms with van der Waals surface area (Å²) in [6.07, 6.45) is 3.98. The van der Waals surface area contributed by atoms with Crippen molar-refractivity contribution in [3.63, 3.8) is 0 Å². The number of aliphatic hydroxyl groups excluding tert-OH is 1. The standard InChI is InChI=1S/C10H14O2/c11-9-6-1-5-2-7(4-6)10(12)8(9)3-5/h5-9,11H,1-4H2/t5-,6+,7+,8+,9-/m1/s1. The Morgan fingerprint density at radius 3 is 2.83 bits per heavy atom. The van der Waals surface area contributed by atoms with Gasteiger partial charge in [-0.05, 0) is 37.5 Å². The van der Waals surface area contributed by atoms with Gasteiger partial charge in [-0.15, -0.1) is 0 Å². The fourth-order valence-corrected chi connectivity index (χ4v) is 3.60. The van der Waals surface area contributed by atoms with Crippen molar-refractivity contribution in [3.8, 4) is 0 Å². The van der Waals surface area contributed by atoms with Crippen molar-refractivity contribution in [2.24, 2.45) is 23.7 Å². The molecule has 0 saturated heterocycles. The maximum atomic E-state index is 11.6. The summed E-state index contributed by atoms with van der Waals surface area (Å²) in [5.41, 5.74) is 0. The van der Waals surface area contributed by atoms with Gasteiger partial charge < -0.3 is 5.11 Å². The molecule has 0 spiro atoms. The first-order valence-corrected chi connectivity index (χ1v) is 4.97. The van der Waals surface area contributed by atoms with E-state index in [-0.39, 0.29) is 12.0 Å². The van der Waals surface area contributed by atoms with Crippen LogP contribution in [0, 0.1) is 23.7 Å². The summed E-state index contributed by atoms with van der Waals surface area (Å²) in [7, 11) is 0. The third-order valence-electron chi connectivity index (χ3n) is 4.09. The lowest BCUT2D eigenvalue weighted by Gasteiger charge is -2.51. The topological polar surface area (TPSA) is 37.3 Å². The second-order valence-electron chi connectivity index (χ2n) is 4.77. The molecule has 0 aromatic heterocycles. The molecule has 0 amide bonds. The van der Waals surface area contributed by atoms with E-state index in [0.717, 1.165) is 25.2 Å². The van der Waals surface area contributed by atoms with E-state index in [9.17, 15) is 9.90 Å². The Labute approximate surface area is 72.0 Å². The Hall–Kier alpha value is -0.370. The predicted molar refractivity (Wildman–Crippen MR) is 43.4 cm³/mol. The van der Waals surface area contributed by atoms with Crippen LogP contribution in [0.25, 0.3) is 0 Å². The van der Waals surface area contributed by atoms with Gasteiger partial charge in [0.05, 0.1) is 6.10 Å². The number of Topliss-reactive ketones (excluding diaryl/α,β-unsaturated/α-hetero) is 1. The van der Waals surface area contributed by atoms with Gasteiger partial charge in [-0.25, -0.2) is 0 Å². The smallest absolute Gasteiger partial charge is 0.141 e. The van der Waals surface area contributed by atoms with Crippen LogP contribution in [-0.4, -0.2) is 17.0 Å². The van der Waals surface area contributed by atoms with Crippen LogP contribution >= 0.6 is 0 Å². The summed E-state index contributed by atoms with van der Waals surface area (Å²) in [6.45, 7) is 0. The van der Waals surface area contributed by atoms with Gasteiger partial charge in [-0.2, -0.15) is 0 Å². The van der Waals surface area contributed by atoms with Crippen molar-refractivity contribution < 1.29 is 9.90 Å². The average molecular weight is 166 g/mol. The van der Waals surface area contributed by atoms with E-state index in [1.54, 1.807) is 0 Å². The zero-order valence-corrected chi connectivity index (χ0v) is 7.07. The van der Waals surface area contributed by atoms with Gasteiger partial charge in [0.25, 0.3) is 0 Å². The van der Waals surface area contributed by atoms with Crippen molar-refractivity contribution in [1.29, 1.82) is 0 Å². The van der Waals surface area contributed by atoms with E-state index in [2.05, 4.69) is 0 Å². The van der Waals surface area contributed by atoms with E-state index in [0.29, 0.717) is 17.6 Å². The molecular formula is C10H14O2. The van der Waals surface area contributed by atoms with Gasteiger partial charge in [-0.1, -0.05) is 0 Å². The summed E-state index contributed by atoms with van der Waals surface area (Å²) < 4.78 is 0. The Bertz CT molecular complexity index is 236. The third kappa shape index (κ3) is 0.717. The average Bonchev–Trinajstić information content (AvgIpc) is 2.07. The van der Waals surface area contributed by atoms with Crippen LogP contribution in [0.2, 0.25) is 0 Å². The van der Waals surface area contributed by atoms with E-state index < -0.39 is 0 Å². The number of carbonyl (C=O) groups excluding carboxylic acids is 1. The molecule has 2 heteroatoms. The molecule has 5 atom stereocenters. The normalized spacial score (nSPS) is 56.4. The quantitative estimate of drug-likeness (QED) is 0.582. The summed E-state index contributed by atoms with van der Waals surface area (Å²) in [5.74, 6) is 1.96. The molecule has 4 fully saturated rings. The lowest BCUT2D eigenvalue weighted by Crippen LogP contribution is -2.53. The van der Waals surface area contributed by atoms with Crippen LogP contribution in [0.15, 0.2) is 0 Å². The molecule has 4 aliphatic carbocycles. The van der Waals surface area contributed by atoms with Crippen LogP contribution in [-0.2, 0) is 4.79 Å². The number of rotatable bonds is 0. The molecule has 2 nitrogen and oxygen atoms in total. The predicted octanol–water partition coefficient (Wildman–Crippen LogP) is 0.982. The minimum Gasteiger partial charge on any atom is -0.392 e. The largest absolute Gasteiger partial charge is 0.392 e. The molecule has 0 aromatic rings. The molecule has 0 radical (unpaired) electrons. The van der Waals surface area contributed by atoms with Gasteiger partial charge in [0.2, 0.25) is 0 Å². The van der Waals surface area contributed by atoms with Crippen LogP contribution in [0.4, 0.5) is 0 Å². The molecule has 66 valence electrons. The maximum Gasteiger partial charge on any atom is 0.141 e. The van der Waals surface area contributed by atoms with Crippen molar-refractivity contribution >= 4 is 5.78 Å². The first-order chi connectivity index (χ1) is 5.75. The Balaban J connectivity index is 1.98. The van der Waals surface area contributed by atoms with E-state index in [1.165, 1.54) is 6.42 Å². The number of carbonyl (C=O) groups is 1. The molecule has 4 rings (SSSR count). The summed E-state index contributed by atoms with van der Waals surface area (Å²) in [4.78, 5) is 11.6. The lowest BCUT2D eigenvalue weighted by molar-refractivity contribution is -0.154. The SMILES string of the molecule is O=C1[C@H]2C[C@H]3C[C@@H](C2)[C@@H](O)[C@@H]1C3. The van der Waals surface area contributed by atoms with Gasteiger partial charge in [-0.3, -0.25) is 4.79 Å². The molecule has 4 aliphatic rings. The highest BCUT2D eigenvalue weighted by atomic mass is 16.3. The molecule has 0 aliphatic heterocycles. The first-order valence-electron chi connectivity index (χ1n) is 4.97. The van der Waals surface area contributed by atoms with Crippen molar-refractivity contribution in [2.45, 2.75) is 31.8 Å². The van der Waals surface area contributed by atoms with Crippen molar-refractivity contribution in [2.75, 3.05) is 0 Å². The number of hydrogen-bond donors (Lipinski definition) is 1. The van der Waals surface area contributed by atoms with E-state index in [4.69, 9.17) is 0 Å². The molecule has 0 aromatic carbocycles. The van der Waals surface area contributed by atoms with E-state index >= 15 is 0 Å². The summed E-state index contributed by atoms with van der Waals surface area (Å²) in [6, 6.07) is 0. The number of hydrogen-bond acceptors (Lipinski definition) is 2. The van der Waals surface area contributed by atoms with Crippen molar-refractivity contribution in [1.82, 2.24) is 0 Å². The highest BCUT2D eigenvalue weighted by Crippen LogP contribution is 2.51. The van der Waals surface area contributed by atoms with Gasteiger partial charge >= 0.3 is 0 Å². The summed E-state index contributed by atoms with van der Waals surface area (Å²) in [5, 5.41) is 9.78. The molecule has 0 unspecified atom stereocenters. The van der Waals surface area contributed by atoms with Gasteiger partial charge in [0.1, 0.15) is 5.78 Å². The first kappa shape index (κ1) is 7.07. The zero-order chi connectivity index (χ0) is 8.29. The molecule has 0 heterocycles. The molecule has 4 saturated carbocycles. The Morgan fingerprint density at radius 1 is 1.17 bits per heavy atom. The molecule has 4 bridgehead atoms. The number of aliphatic hydroxyl groups is 1. The minimum atomic E-state index is -0.287. The fourth-order valence-electron chi connectivity index (χ4n) is 3.60. The minimum absolute atomic E-state index is 0.0289. The number of ketones is 1. The van der Waals surface area contributed by atoms with Crippen LogP contribution in [0.1, 0.15) is 25.7 Å². The Morgan fingerprint density at radius 2 is 2.00 bits per heavy atom. The van der Waals surface area contributed by atoms with Crippen LogP contribution < -0.4 is 0 Å². The highest BCUT2D eigenvalue weighted by Gasteiger charge is 2.52. The highest BCUT2D eigenvalue weighted by molar-refractivity contribution is 5.86. The van der Waals surface area contributed by atoms with Crippen molar-refractivity contribution in [3.05, 3.63) is 0 Å². The monoisotopic (exact) mass is 166 g/mol. The summed E-state index contributed by atoms with van der Waals surface area (Å²) >= 11 is 0. The second kappa shape index (κ2) is 2.11. The van der Waals surface area contributed by atoms with Gasteiger partial charge in [0, 0.05) is 11.8 Å².